The number of aliphatic imine (C=N–C) groups is 1. The van der Waals surface area contributed by atoms with Gasteiger partial charge in [-0.1, -0.05) is 12.1 Å². The Balaban J connectivity index is 0.00000385. The summed E-state index contributed by atoms with van der Waals surface area (Å²) in [6, 6.07) is 12.0. The third-order valence-electron chi connectivity index (χ3n) is 4.95. The van der Waals surface area contributed by atoms with E-state index in [4.69, 9.17) is 9.47 Å². The number of hydrogen-bond donors (Lipinski definition) is 2. The molecule has 1 aromatic carbocycles. The van der Waals surface area contributed by atoms with Crippen molar-refractivity contribution in [3.05, 3.63) is 65.1 Å². The van der Waals surface area contributed by atoms with Gasteiger partial charge < -0.3 is 20.1 Å². The number of guanidine groups is 1. The van der Waals surface area contributed by atoms with Gasteiger partial charge in [-0.15, -0.1) is 24.0 Å². The lowest BCUT2D eigenvalue weighted by Gasteiger charge is -2.13. The van der Waals surface area contributed by atoms with Gasteiger partial charge in [0.2, 0.25) is 0 Å². The summed E-state index contributed by atoms with van der Waals surface area (Å²) in [7, 11) is 3.29. The maximum absolute atomic E-state index is 5.38. The molecule has 0 aliphatic heterocycles. The summed E-state index contributed by atoms with van der Waals surface area (Å²) in [6.45, 7) is 8.13. The Bertz CT molecular complexity index is 1050. The van der Waals surface area contributed by atoms with E-state index in [2.05, 4.69) is 32.6 Å². The summed E-state index contributed by atoms with van der Waals surface area (Å²) in [5, 5.41) is 11.2. The molecule has 178 valence electrons. The van der Waals surface area contributed by atoms with Crippen molar-refractivity contribution in [2.75, 3.05) is 27.3 Å². The van der Waals surface area contributed by atoms with E-state index >= 15 is 0 Å². The van der Waals surface area contributed by atoms with E-state index < -0.39 is 0 Å². The first-order chi connectivity index (χ1) is 15.5. The average Bonchev–Trinajstić information content (AvgIpc) is 3.15. The van der Waals surface area contributed by atoms with Crippen LogP contribution in [0.25, 0.3) is 5.82 Å². The van der Waals surface area contributed by atoms with E-state index in [1.54, 1.807) is 14.2 Å². The lowest BCUT2D eigenvalue weighted by atomic mass is 10.1. The topological polar surface area (TPSA) is 85.6 Å². The predicted octanol–water partition coefficient (Wildman–Crippen LogP) is 3.82. The number of ether oxygens (including phenoxy) is 2. The summed E-state index contributed by atoms with van der Waals surface area (Å²) in [6.07, 6.45) is 2.69. The van der Waals surface area contributed by atoms with Crippen LogP contribution in [0, 0.1) is 13.8 Å². The molecule has 3 aromatic rings. The Labute approximate surface area is 212 Å². The van der Waals surface area contributed by atoms with E-state index in [-0.39, 0.29) is 24.0 Å². The van der Waals surface area contributed by atoms with Crippen molar-refractivity contribution in [3.63, 3.8) is 0 Å². The van der Waals surface area contributed by atoms with Crippen LogP contribution in [0.15, 0.2) is 47.6 Å². The van der Waals surface area contributed by atoms with Crippen molar-refractivity contribution in [2.24, 2.45) is 4.99 Å². The number of benzene rings is 1. The highest BCUT2D eigenvalue weighted by molar-refractivity contribution is 14.0. The van der Waals surface area contributed by atoms with Crippen LogP contribution in [-0.4, -0.2) is 48.0 Å². The van der Waals surface area contributed by atoms with Crippen LogP contribution < -0.4 is 20.1 Å². The van der Waals surface area contributed by atoms with Gasteiger partial charge in [-0.25, -0.2) is 14.7 Å². The number of methoxy groups -OCH3 is 2. The van der Waals surface area contributed by atoms with Gasteiger partial charge in [0, 0.05) is 25.0 Å². The maximum Gasteiger partial charge on any atom is 0.191 e. The summed E-state index contributed by atoms with van der Waals surface area (Å²) >= 11 is 0. The van der Waals surface area contributed by atoms with Crippen molar-refractivity contribution in [1.29, 1.82) is 0 Å². The van der Waals surface area contributed by atoms with Crippen LogP contribution in [0.1, 0.15) is 29.4 Å². The van der Waals surface area contributed by atoms with Crippen LogP contribution in [0.4, 0.5) is 0 Å². The lowest BCUT2D eigenvalue weighted by molar-refractivity contribution is 0.354. The largest absolute Gasteiger partial charge is 0.493 e. The maximum atomic E-state index is 5.38. The first kappa shape index (κ1) is 26.4. The van der Waals surface area contributed by atoms with E-state index in [1.807, 2.05) is 61.1 Å². The third kappa shape index (κ3) is 7.34. The lowest BCUT2D eigenvalue weighted by Crippen LogP contribution is -2.38. The van der Waals surface area contributed by atoms with Crippen molar-refractivity contribution in [3.8, 4) is 17.3 Å². The van der Waals surface area contributed by atoms with Gasteiger partial charge in [-0.05, 0) is 62.6 Å². The summed E-state index contributed by atoms with van der Waals surface area (Å²) in [5.41, 5.74) is 4.24. The van der Waals surface area contributed by atoms with Crippen LogP contribution in [0.2, 0.25) is 0 Å². The molecule has 0 spiro atoms. The minimum atomic E-state index is 0. The zero-order chi connectivity index (χ0) is 22.9. The van der Waals surface area contributed by atoms with E-state index in [0.717, 1.165) is 65.3 Å². The monoisotopic (exact) mass is 564 g/mol. The quantitative estimate of drug-likeness (QED) is 0.234. The highest BCUT2D eigenvalue weighted by Crippen LogP contribution is 2.27. The number of aromatic nitrogens is 3. The van der Waals surface area contributed by atoms with Crippen LogP contribution in [0.3, 0.4) is 0 Å². The highest BCUT2D eigenvalue weighted by atomic mass is 127. The summed E-state index contributed by atoms with van der Waals surface area (Å²) < 4.78 is 12.5. The number of aryl methyl sites for hydroxylation is 2. The molecule has 0 saturated heterocycles. The first-order valence-electron chi connectivity index (χ1n) is 10.8. The van der Waals surface area contributed by atoms with Gasteiger partial charge in [-0.2, -0.15) is 5.10 Å². The molecule has 0 atom stereocenters. The zero-order valence-corrected chi connectivity index (χ0v) is 22.2. The normalized spacial score (nSPS) is 11.0. The Morgan fingerprint density at radius 1 is 1.00 bits per heavy atom. The summed E-state index contributed by atoms with van der Waals surface area (Å²) in [4.78, 5) is 9.23. The molecule has 0 unspecified atom stereocenters. The SMILES string of the molecule is CCNC(=NCc1ccc(-n2nc(C)cc2C)nc1)NCCc1ccc(OC)c(OC)c1.I. The molecule has 0 saturated carbocycles. The molecule has 8 nitrogen and oxygen atoms in total. The average molecular weight is 564 g/mol. The van der Waals surface area contributed by atoms with Crippen molar-refractivity contribution < 1.29 is 9.47 Å². The fourth-order valence-corrected chi connectivity index (χ4v) is 3.37. The summed E-state index contributed by atoms with van der Waals surface area (Å²) in [5.74, 6) is 3.05. The number of hydrogen-bond acceptors (Lipinski definition) is 5. The number of nitrogens with zero attached hydrogens (tertiary/aromatic N) is 4. The second-order valence-electron chi connectivity index (χ2n) is 7.42. The molecule has 9 heteroatoms. The molecular weight excluding hydrogens is 531 g/mol. The van der Waals surface area contributed by atoms with Gasteiger partial charge in [0.25, 0.3) is 0 Å². The first-order valence-corrected chi connectivity index (χ1v) is 10.8. The third-order valence-corrected chi connectivity index (χ3v) is 4.95. The standard InChI is InChI=1S/C24H32N6O2.HI/c1-6-25-24(26-12-11-19-7-9-21(31-4)22(14-19)32-5)28-16-20-8-10-23(27-15-20)30-18(3)13-17(2)29-30;/h7-10,13-15H,6,11-12,16H2,1-5H3,(H2,25,26,28);1H. The molecule has 0 aliphatic rings. The molecule has 2 aromatic heterocycles. The predicted molar refractivity (Wildman–Crippen MR) is 142 cm³/mol. The smallest absolute Gasteiger partial charge is 0.191 e. The number of halogens is 1. The van der Waals surface area contributed by atoms with Crippen LogP contribution >= 0.6 is 24.0 Å². The van der Waals surface area contributed by atoms with Crippen molar-refractivity contribution >= 4 is 29.9 Å². The van der Waals surface area contributed by atoms with E-state index in [9.17, 15) is 0 Å². The molecule has 0 amide bonds. The molecule has 2 N–H and O–H groups in total. The minimum absolute atomic E-state index is 0. The fraction of sp³-hybridized carbons (Fsp3) is 0.375. The van der Waals surface area contributed by atoms with Crippen molar-refractivity contribution in [2.45, 2.75) is 33.7 Å². The van der Waals surface area contributed by atoms with E-state index in [1.165, 1.54) is 0 Å². The van der Waals surface area contributed by atoms with Gasteiger partial charge in [0.15, 0.2) is 23.3 Å². The highest BCUT2D eigenvalue weighted by Gasteiger charge is 2.06. The van der Waals surface area contributed by atoms with Gasteiger partial charge in [0.05, 0.1) is 26.5 Å². The molecule has 33 heavy (non-hydrogen) atoms. The number of nitrogens with one attached hydrogen (secondary N) is 2. The second kappa shape index (κ2) is 13.0. The second-order valence-corrected chi connectivity index (χ2v) is 7.42. The van der Waals surface area contributed by atoms with Crippen LogP contribution in [-0.2, 0) is 13.0 Å². The van der Waals surface area contributed by atoms with E-state index in [0.29, 0.717) is 6.54 Å². The molecular formula is C24H33IN6O2. The molecule has 0 radical (unpaired) electrons. The molecule has 0 aliphatic carbocycles. The van der Waals surface area contributed by atoms with Gasteiger partial charge in [0.1, 0.15) is 0 Å². The molecule has 2 heterocycles. The molecule has 3 rings (SSSR count). The molecule has 0 fully saturated rings. The Hall–Kier alpha value is -2.82. The fourth-order valence-electron chi connectivity index (χ4n) is 3.37. The zero-order valence-electron chi connectivity index (χ0n) is 19.9. The van der Waals surface area contributed by atoms with Crippen molar-refractivity contribution in [1.82, 2.24) is 25.4 Å². The minimum Gasteiger partial charge on any atom is -0.493 e. The Morgan fingerprint density at radius 3 is 2.36 bits per heavy atom. The number of pyridine rings is 1. The van der Waals surface area contributed by atoms with Crippen LogP contribution in [0.5, 0.6) is 11.5 Å². The molecule has 0 bridgehead atoms. The Kier molecular flexibility index (Phi) is 10.4. The number of rotatable bonds is 9. The van der Waals surface area contributed by atoms with Gasteiger partial charge >= 0.3 is 0 Å². The Morgan fingerprint density at radius 2 is 1.76 bits per heavy atom. The van der Waals surface area contributed by atoms with Gasteiger partial charge in [-0.3, -0.25) is 0 Å².